The quantitative estimate of drug-likeness (QED) is 0.357. The average Bonchev–Trinajstić information content (AvgIpc) is 3.32. The molecule has 0 fully saturated rings. The molecule has 186 valence electrons. The van der Waals surface area contributed by atoms with Crippen molar-refractivity contribution in [2.75, 3.05) is 9.62 Å². The second kappa shape index (κ2) is 10.4. The molecule has 3 aromatic carbocycles. The zero-order valence-corrected chi connectivity index (χ0v) is 21.7. The molecule has 0 saturated carbocycles. The highest BCUT2D eigenvalue weighted by Gasteiger charge is 2.28. The number of carbonyl (C=O) groups is 1. The summed E-state index contributed by atoms with van der Waals surface area (Å²) >= 11 is 0. The van der Waals surface area contributed by atoms with E-state index in [1.807, 2.05) is 57.2 Å². The maximum absolute atomic E-state index is 13.6. The largest absolute Gasteiger partial charge is 0.339 e. The third-order valence-corrected chi connectivity index (χ3v) is 7.86. The minimum absolute atomic E-state index is 0.0196. The van der Waals surface area contributed by atoms with E-state index in [4.69, 9.17) is 0 Å². The predicted octanol–water partition coefficient (Wildman–Crippen LogP) is 5.25. The third kappa shape index (κ3) is 5.33. The van der Waals surface area contributed by atoms with E-state index in [1.54, 1.807) is 41.9 Å². The van der Waals surface area contributed by atoms with Gasteiger partial charge in [0.1, 0.15) is 0 Å². The van der Waals surface area contributed by atoms with Crippen LogP contribution in [-0.4, -0.2) is 23.9 Å². The van der Waals surface area contributed by atoms with E-state index in [1.165, 1.54) is 16.8 Å². The van der Waals surface area contributed by atoms with Crippen molar-refractivity contribution >= 4 is 27.3 Å². The first kappa shape index (κ1) is 25.2. The SMILES string of the molecule is CCc1ccccc1NC(=O)c1ccc(CN(c2ccc(C)c(C)c2)S(=O)(=O)c2cn(C)cn2)cc1. The number of nitrogens with zero attached hydrogens (tertiary/aromatic N) is 3. The summed E-state index contributed by atoms with van der Waals surface area (Å²) < 4.78 is 30.1. The Morgan fingerprint density at radius 2 is 1.72 bits per heavy atom. The van der Waals surface area contributed by atoms with Gasteiger partial charge in [0.2, 0.25) is 0 Å². The van der Waals surface area contributed by atoms with Crippen molar-refractivity contribution in [1.29, 1.82) is 0 Å². The molecule has 7 nitrogen and oxygen atoms in total. The van der Waals surface area contributed by atoms with Gasteiger partial charge >= 0.3 is 0 Å². The van der Waals surface area contributed by atoms with Crippen LogP contribution in [0.2, 0.25) is 0 Å². The highest BCUT2D eigenvalue weighted by atomic mass is 32.2. The van der Waals surface area contributed by atoms with Crippen LogP contribution >= 0.6 is 0 Å². The minimum Gasteiger partial charge on any atom is -0.339 e. The summed E-state index contributed by atoms with van der Waals surface area (Å²) in [6.07, 6.45) is 3.77. The molecular formula is C28H30N4O3S. The molecule has 1 aromatic heterocycles. The van der Waals surface area contributed by atoms with Crippen LogP contribution in [0.4, 0.5) is 11.4 Å². The van der Waals surface area contributed by atoms with Crippen molar-refractivity contribution in [2.45, 2.75) is 38.8 Å². The van der Waals surface area contributed by atoms with Gasteiger partial charge in [0.05, 0.1) is 18.6 Å². The van der Waals surface area contributed by atoms with Gasteiger partial charge in [0.15, 0.2) is 5.03 Å². The maximum Gasteiger partial charge on any atom is 0.283 e. The molecule has 0 aliphatic rings. The van der Waals surface area contributed by atoms with Crippen molar-refractivity contribution in [3.8, 4) is 0 Å². The van der Waals surface area contributed by atoms with E-state index >= 15 is 0 Å². The molecule has 1 heterocycles. The van der Waals surface area contributed by atoms with Gasteiger partial charge in [0, 0.05) is 24.5 Å². The lowest BCUT2D eigenvalue weighted by atomic mass is 10.1. The van der Waals surface area contributed by atoms with Crippen molar-refractivity contribution in [3.05, 3.63) is 107 Å². The number of carbonyl (C=O) groups excluding carboxylic acids is 1. The lowest BCUT2D eigenvalue weighted by Gasteiger charge is -2.24. The van der Waals surface area contributed by atoms with Crippen molar-refractivity contribution in [2.24, 2.45) is 7.05 Å². The summed E-state index contributed by atoms with van der Waals surface area (Å²) in [4.78, 5) is 16.9. The zero-order chi connectivity index (χ0) is 25.9. The van der Waals surface area contributed by atoms with Gasteiger partial charge < -0.3 is 9.88 Å². The fourth-order valence-corrected chi connectivity index (χ4v) is 5.32. The number of sulfonamides is 1. The Labute approximate surface area is 212 Å². The number of imidazole rings is 1. The van der Waals surface area contributed by atoms with E-state index in [0.717, 1.165) is 34.4 Å². The van der Waals surface area contributed by atoms with Crippen LogP contribution in [0, 0.1) is 13.8 Å². The van der Waals surface area contributed by atoms with Crippen LogP contribution in [0.1, 0.15) is 39.5 Å². The van der Waals surface area contributed by atoms with Gasteiger partial charge in [-0.1, -0.05) is 43.3 Å². The number of aryl methyl sites for hydroxylation is 4. The fraction of sp³-hybridized carbons (Fsp3) is 0.214. The smallest absolute Gasteiger partial charge is 0.283 e. The lowest BCUT2D eigenvalue weighted by molar-refractivity contribution is 0.102. The topological polar surface area (TPSA) is 84.3 Å². The summed E-state index contributed by atoms with van der Waals surface area (Å²) in [5.41, 5.74) is 5.72. The standard InChI is InChI=1S/C28H30N4O3S/c1-5-23-8-6-7-9-26(23)30-28(33)24-13-11-22(12-14-24)17-32(25-15-10-20(2)21(3)16-25)36(34,35)27-18-31(4)19-29-27/h6-16,18-19H,5,17H2,1-4H3,(H,30,33). The molecule has 36 heavy (non-hydrogen) atoms. The van der Waals surface area contributed by atoms with Crippen molar-refractivity contribution in [1.82, 2.24) is 9.55 Å². The number of benzene rings is 3. The first-order valence-corrected chi connectivity index (χ1v) is 13.2. The van der Waals surface area contributed by atoms with E-state index in [0.29, 0.717) is 11.3 Å². The molecule has 0 aliphatic carbocycles. The second-order valence-corrected chi connectivity index (χ2v) is 10.6. The molecule has 0 unspecified atom stereocenters. The Balaban J connectivity index is 1.61. The number of rotatable bonds is 8. The molecule has 8 heteroatoms. The molecule has 1 N–H and O–H groups in total. The van der Waals surface area contributed by atoms with E-state index in [9.17, 15) is 13.2 Å². The van der Waals surface area contributed by atoms with Crippen molar-refractivity contribution < 1.29 is 13.2 Å². The van der Waals surface area contributed by atoms with Crippen LogP contribution in [0.5, 0.6) is 0 Å². The molecule has 0 saturated heterocycles. The van der Waals surface area contributed by atoms with Gasteiger partial charge in [-0.05, 0) is 72.9 Å². The molecule has 4 aromatic rings. The molecule has 0 bridgehead atoms. The third-order valence-electron chi connectivity index (χ3n) is 6.20. The number of hydrogen-bond acceptors (Lipinski definition) is 4. The van der Waals surface area contributed by atoms with Gasteiger partial charge in [-0.25, -0.2) is 4.98 Å². The Morgan fingerprint density at radius 3 is 2.36 bits per heavy atom. The molecule has 0 aliphatic heterocycles. The first-order chi connectivity index (χ1) is 17.2. The summed E-state index contributed by atoms with van der Waals surface area (Å²) in [5.74, 6) is -0.213. The van der Waals surface area contributed by atoms with Gasteiger partial charge in [-0.15, -0.1) is 0 Å². The predicted molar refractivity (Wildman–Crippen MR) is 143 cm³/mol. The summed E-state index contributed by atoms with van der Waals surface area (Å²) in [5, 5.41) is 2.95. The Bertz CT molecular complexity index is 1490. The molecule has 0 atom stereocenters. The van der Waals surface area contributed by atoms with Gasteiger partial charge in [-0.2, -0.15) is 8.42 Å². The molecular weight excluding hydrogens is 472 g/mol. The number of para-hydroxylation sites is 1. The van der Waals surface area contributed by atoms with E-state index in [2.05, 4.69) is 10.3 Å². The van der Waals surface area contributed by atoms with Gasteiger partial charge in [0.25, 0.3) is 15.9 Å². The summed E-state index contributed by atoms with van der Waals surface area (Å²) in [6.45, 7) is 6.08. The maximum atomic E-state index is 13.6. The average molecular weight is 503 g/mol. The van der Waals surface area contributed by atoms with Crippen LogP contribution in [0.25, 0.3) is 0 Å². The first-order valence-electron chi connectivity index (χ1n) is 11.7. The normalized spacial score (nSPS) is 11.3. The summed E-state index contributed by atoms with van der Waals surface area (Å²) in [6, 6.07) is 20.3. The summed E-state index contributed by atoms with van der Waals surface area (Å²) in [7, 11) is -2.18. The van der Waals surface area contributed by atoms with E-state index in [-0.39, 0.29) is 17.5 Å². The second-order valence-electron chi connectivity index (χ2n) is 8.82. The van der Waals surface area contributed by atoms with Crippen LogP contribution < -0.4 is 9.62 Å². The number of aromatic nitrogens is 2. The highest BCUT2D eigenvalue weighted by Crippen LogP contribution is 2.27. The molecule has 0 spiro atoms. The van der Waals surface area contributed by atoms with E-state index < -0.39 is 10.0 Å². The number of amides is 1. The molecule has 0 radical (unpaired) electrons. The number of nitrogens with one attached hydrogen (secondary N) is 1. The molecule has 1 amide bonds. The zero-order valence-electron chi connectivity index (χ0n) is 20.9. The van der Waals surface area contributed by atoms with Crippen LogP contribution in [0.3, 0.4) is 0 Å². The Morgan fingerprint density at radius 1 is 1.00 bits per heavy atom. The lowest BCUT2D eigenvalue weighted by Crippen LogP contribution is -2.31. The number of hydrogen-bond donors (Lipinski definition) is 1. The monoisotopic (exact) mass is 502 g/mol. The highest BCUT2D eigenvalue weighted by molar-refractivity contribution is 7.92. The minimum atomic E-state index is -3.91. The Hall–Kier alpha value is -3.91. The Kier molecular flexibility index (Phi) is 7.26. The van der Waals surface area contributed by atoms with Crippen LogP contribution in [0.15, 0.2) is 84.3 Å². The fourth-order valence-electron chi connectivity index (χ4n) is 3.90. The molecule has 4 rings (SSSR count). The van der Waals surface area contributed by atoms with Gasteiger partial charge in [-0.3, -0.25) is 9.10 Å². The van der Waals surface area contributed by atoms with Crippen LogP contribution in [-0.2, 0) is 30.0 Å². The van der Waals surface area contributed by atoms with Crippen molar-refractivity contribution in [3.63, 3.8) is 0 Å². The number of anilines is 2.